The van der Waals surface area contributed by atoms with Crippen molar-refractivity contribution >= 4 is 17.4 Å². The van der Waals surface area contributed by atoms with Crippen molar-refractivity contribution in [2.45, 2.75) is 25.4 Å². The van der Waals surface area contributed by atoms with Crippen molar-refractivity contribution in [3.8, 4) is 0 Å². The lowest BCUT2D eigenvalue weighted by Gasteiger charge is -2.30. The molecule has 1 unspecified atom stereocenters. The van der Waals surface area contributed by atoms with Crippen LogP contribution in [0.5, 0.6) is 0 Å². The van der Waals surface area contributed by atoms with E-state index in [2.05, 4.69) is 4.98 Å². The highest BCUT2D eigenvalue weighted by Gasteiger charge is 2.21. The van der Waals surface area contributed by atoms with Gasteiger partial charge >= 0.3 is 0 Å². The van der Waals surface area contributed by atoms with Crippen molar-refractivity contribution < 1.29 is 9.18 Å². The number of amides is 1. The highest BCUT2D eigenvalue weighted by molar-refractivity contribution is 6.02. The molecule has 0 N–H and O–H groups in total. The summed E-state index contributed by atoms with van der Waals surface area (Å²) in [7, 11) is 0. The van der Waals surface area contributed by atoms with Crippen molar-refractivity contribution in [1.29, 1.82) is 0 Å². The Hall–Kier alpha value is -1.91. The molecule has 1 aromatic heterocycles. The molecule has 0 radical (unpaired) electrons. The fourth-order valence-electron chi connectivity index (χ4n) is 2.70. The number of carbonyl (C=O) groups excluding carboxylic acids is 1. The van der Waals surface area contributed by atoms with Crippen LogP contribution >= 0.6 is 0 Å². The van der Waals surface area contributed by atoms with Crippen molar-refractivity contribution in [3.05, 3.63) is 30.5 Å². The van der Waals surface area contributed by atoms with Gasteiger partial charge in [-0.2, -0.15) is 0 Å². The number of alkyl halides is 1. The minimum absolute atomic E-state index is 0.00686. The first-order valence-corrected chi connectivity index (χ1v) is 7.07. The van der Waals surface area contributed by atoms with Gasteiger partial charge in [0.15, 0.2) is 0 Å². The molecule has 2 aliphatic heterocycles. The lowest BCUT2D eigenvalue weighted by molar-refractivity contribution is -0.114. The van der Waals surface area contributed by atoms with Gasteiger partial charge in [-0.1, -0.05) is 6.08 Å². The molecule has 2 aliphatic rings. The Labute approximate surface area is 117 Å². The molecular formula is C15H18FN3O. The average Bonchev–Trinajstić information content (AvgIpc) is 2.48. The molecule has 20 heavy (non-hydrogen) atoms. The summed E-state index contributed by atoms with van der Waals surface area (Å²) in [4.78, 5) is 19.8. The summed E-state index contributed by atoms with van der Waals surface area (Å²) in [5.41, 5.74) is 0.803. The number of anilines is 2. The minimum Gasteiger partial charge on any atom is -0.354 e. The van der Waals surface area contributed by atoms with Gasteiger partial charge in [-0.25, -0.2) is 9.37 Å². The standard InChI is InChI=1S/C15H18FN3O/c16-12-4-3-8-18(11-12)14-7-6-13(10-17-14)19-9-2-1-5-15(19)20/h1,5-7,10,12H,2-4,8-9,11H2. The van der Waals surface area contributed by atoms with Crippen LogP contribution < -0.4 is 9.80 Å². The van der Waals surface area contributed by atoms with Gasteiger partial charge in [0, 0.05) is 13.1 Å². The first kappa shape index (κ1) is 13.1. The van der Waals surface area contributed by atoms with Gasteiger partial charge in [0.1, 0.15) is 12.0 Å². The lowest BCUT2D eigenvalue weighted by atomic mass is 10.1. The number of halogens is 1. The fourth-order valence-corrected chi connectivity index (χ4v) is 2.70. The van der Waals surface area contributed by atoms with Gasteiger partial charge in [-0.3, -0.25) is 4.79 Å². The molecule has 106 valence electrons. The summed E-state index contributed by atoms with van der Waals surface area (Å²) in [5.74, 6) is 0.781. The van der Waals surface area contributed by atoms with Crippen LogP contribution in [-0.4, -0.2) is 36.7 Å². The molecule has 1 saturated heterocycles. The Morgan fingerprint density at radius 1 is 1.30 bits per heavy atom. The molecule has 0 spiro atoms. The van der Waals surface area contributed by atoms with E-state index in [1.807, 2.05) is 23.1 Å². The van der Waals surface area contributed by atoms with Crippen molar-refractivity contribution in [2.24, 2.45) is 0 Å². The van der Waals surface area contributed by atoms with E-state index in [1.54, 1.807) is 17.2 Å². The molecule has 1 atom stereocenters. The van der Waals surface area contributed by atoms with Crippen LogP contribution in [0.4, 0.5) is 15.9 Å². The second-order valence-corrected chi connectivity index (χ2v) is 5.24. The predicted octanol–water partition coefficient (Wildman–Crippen LogP) is 2.31. The zero-order chi connectivity index (χ0) is 13.9. The number of piperidine rings is 1. The maximum absolute atomic E-state index is 13.4. The summed E-state index contributed by atoms with van der Waals surface area (Å²) in [6.45, 7) is 1.95. The zero-order valence-electron chi connectivity index (χ0n) is 11.3. The summed E-state index contributed by atoms with van der Waals surface area (Å²) in [5, 5.41) is 0. The largest absolute Gasteiger partial charge is 0.354 e. The van der Waals surface area contributed by atoms with Crippen LogP contribution in [0.2, 0.25) is 0 Å². The number of nitrogens with zero attached hydrogens (tertiary/aromatic N) is 3. The minimum atomic E-state index is -0.765. The molecule has 5 heteroatoms. The van der Waals surface area contributed by atoms with E-state index < -0.39 is 6.17 Å². The molecule has 1 fully saturated rings. The third kappa shape index (κ3) is 2.66. The Morgan fingerprint density at radius 3 is 2.90 bits per heavy atom. The normalized spacial score (nSPS) is 23.2. The van der Waals surface area contributed by atoms with Crippen molar-refractivity contribution in [2.75, 3.05) is 29.4 Å². The highest BCUT2D eigenvalue weighted by Crippen LogP contribution is 2.23. The van der Waals surface area contributed by atoms with Crippen LogP contribution in [0.15, 0.2) is 30.5 Å². The molecule has 3 rings (SSSR count). The Morgan fingerprint density at radius 2 is 2.20 bits per heavy atom. The van der Waals surface area contributed by atoms with E-state index in [0.717, 1.165) is 30.9 Å². The fraction of sp³-hybridized carbons (Fsp3) is 0.467. The highest BCUT2D eigenvalue weighted by atomic mass is 19.1. The van der Waals surface area contributed by atoms with Gasteiger partial charge in [0.05, 0.1) is 18.4 Å². The van der Waals surface area contributed by atoms with E-state index in [0.29, 0.717) is 19.5 Å². The molecule has 0 saturated carbocycles. The number of carbonyl (C=O) groups is 1. The van der Waals surface area contributed by atoms with Crippen LogP contribution in [0.25, 0.3) is 0 Å². The number of aromatic nitrogens is 1. The summed E-state index contributed by atoms with van der Waals surface area (Å²) in [6.07, 6.45) is 6.78. The van der Waals surface area contributed by atoms with Crippen LogP contribution in [0, 0.1) is 0 Å². The lowest BCUT2D eigenvalue weighted by Crippen LogP contribution is -2.37. The van der Waals surface area contributed by atoms with Gasteiger partial charge in [0.2, 0.25) is 0 Å². The van der Waals surface area contributed by atoms with Gasteiger partial charge in [0.25, 0.3) is 5.91 Å². The zero-order valence-corrected chi connectivity index (χ0v) is 11.3. The van der Waals surface area contributed by atoms with Crippen LogP contribution in [0.3, 0.4) is 0 Å². The van der Waals surface area contributed by atoms with E-state index in [1.165, 1.54) is 0 Å². The van der Waals surface area contributed by atoms with Crippen LogP contribution in [0.1, 0.15) is 19.3 Å². The van der Waals surface area contributed by atoms with E-state index >= 15 is 0 Å². The second-order valence-electron chi connectivity index (χ2n) is 5.24. The van der Waals surface area contributed by atoms with Crippen molar-refractivity contribution in [1.82, 2.24) is 4.98 Å². The first-order chi connectivity index (χ1) is 9.74. The van der Waals surface area contributed by atoms with Crippen LogP contribution in [-0.2, 0) is 4.79 Å². The Kier molecular flexibility index (Phi) is 3.67. The number of pyridine rings is 1. The van der Waals surface area contributed by atoms with Crippen molar-refractivity contribution in [3.63, 3.8) is 0 Å². The third-order valence-corrected chi connectivity index (χ3v) is 3.78. The molecule has 4 nitrogen and oxygen atoms in total. The molecule has 3 heterocycles. The first-order valence-electron chi connectivity index (χ1n) is 7.07. The maximum atomic E-state index is 13.4. The molecule has 0 aliphatic carbocycles. The number of hydrogen-bond acceptors (Lipinski definition) is 3. The van der Waals surface area contributed by atoms with E-state index in [9.17, 15) is 9.18 Å². The average molecular weight is 275 g/mol. The van der Waals surface area contributed by atoms with Gasteiger partial charge < -0.3 is 9.80 Å². The molecule has 1 amide bonds. The van der Waals surface area contributed by atoms with E-state index in [4.69, 9.17) is 0 Å². The number of hydrogen-bond donors (Lipinski definition) is 0. The quantitative estimate of drug-likeness (QED) is 0.831. The third-order valence-electron chi connectivity index (χ3n) is 3.78. The maximum Gasteiger partial charge on any atom is 0.250 e. The number of rotatable bonds is 2. The molecule has 0 aromatic carbocycles. The molecular weight excluding hydrogens is 257 g/mol. The summed E-state index contributed by atoms with van der Waals surface area (Å²) in [6, 6.07) is 3.76. The SMILES string of the molecule is O=C1C=CCCN1c1ccc(N2CCCC(F)C2)nc1. The molecule has 1 aromatic rings. The van der Waals surface area contributed by atoms with Gasteiger partial charge in [-0.15, -0.1) is 0 Å². The summed E-state index contributed by atoms with van der Waals surface area (Å²) >= 11 is 0. The van der Waals surface area contributed by atoms with Gasteiger partial charge in [-0.05, 0) is 37.5 Å². The Balaban J connectivity index is 1.74. The summed E-state index contributed by atoms with van der Waals surface area (Å²) < 4.78 is 13.4. The second kappa shape index (κ2) is 5.61. The topological polar surface area (TPSA) is 36.4 Å². The smallest absolute Gasteiger partial charge is 0.250 e. The molecule has 0 bridgehead atoms. The predicted molar refractivity (Wildman–Crippen MR) is 76.7 cm³/mol. The van der Waals surface area contributed by atoms with E-state index in [-0.39, 0.29) is 5.91 Å². The monoisotopic (exact) mass is 275 g/mol. The Bertz CT molecular complexity index is 514.